The Bertz CT molecular complexity index is 634. The fourth-order valence-electron chi connectivity index (χ4n) is 2.69. The van der Waals surface area contributed by atoms with Gasteiger partial charge in [-0.15, -0.1) is 0 Å². The number of nitrogens with zero attached hydrogens (tertiary/aromatic N) is 3. The molecule has 0 spiro atoms. The summed E-state index contributed by atoms with van der Waals surface area (Å²) in [7, 11) is 0. The molecule has 1 N–H and O–H groups in total. The number of ether oxygens (including phenoxy) is 1. The molecule has 0 aromatic heterocycles. The normalized spacial score (nSPS) is 15.8. The highest BCUT2D eigenvalue weighted by Crippen LogP contribution is 2.32. The van der Waals surface area contributed by atoms with Crippen LogP contribution in [0, 0.1) is 10.1 Å². The number of amides is 1. The summed E-state index contributed by atoms with van der Waals surface area (Å²) in [6.45, 7) is 12.1. The van der Waals surface area contributed by atoms with E-state index in [1.807, 2.05) is 20.8 Å². The number of nitrogens with one attached hydrogen (secondary N) is 1. The SMILES string of the molecule is CCN1CCN(c2ccc([N+](=O)[O-])c(OC(=O)NC(C)(C)C)c2)CC1. The van der Waals surface area contributed by atoms with Crippen LogP contribution >= 0.6 is 0 Å². The molecule has 8 heteroatoms. The molecule has 0 aliphatic carbocycles. The van der Waals surface area contributed by atoms with Gasteiger partial charge in [0, 0.05) is 49.5 Å². The average molecular weight is 350 g/mol. The summed E-state index contributed by atoms with van der Waals surface area (Å²) < 4.78 is 5.23. The van der Waals surface area contributed by atoms with Crippen LogP contribution in [0.25, 0.3) is 0 Å². The lowest BCUT2D eigenvalue weighted by atomic mass is 10.1. The minimum Gasteiger partial charge on any atom is -0.403 e. The lowest BCUT2D eigenvalue weighted by Gasteiger charge is -2.35. The van der Waals surface area contributed by atoms with E-state index in [4.69, 9.17) is 4.74 Å². The third-order valence-electron chi connectivity index (χ3n) is 4.00. The second-order valence-corrected chi connectivity index (χ2v) is 7.09. The van der Waals surface area contributed by atoms with Crippen LogP contribution in [-0.4, -0.2) is 54.2 Å². The van der Waals surface area contributed by atoms with Crippen molar-refractivity contribution in [3.8, 4) is 5.75 Å². The highest BCUT2D eigenvalue weighted by Gasteiger charge is 2.24. The molecule has 2 rings (SSSR count). The molecule has 1 aliphatic rings. The zero-order valence-corrected chi connectivity index (χ0v) is 15.2. The van der Waals surface area contributed by atoms with E-state index in [9.17, 15) is 14.9 Å². The number of rotatable bonds is 4. The number of anilines is 1. The summed E-state index contributed by atoms with van der Waals surface area (Å²) in [5, 5.41) is 13.9. The van der Waals surface area contributed by atoms with Gasteiger partial charge in [0.2, 0.25) is 5.75 Å². The molecule has 0 unspecified atom stereocenters. The number of nitro benzene ring substituents is 1. The predicted molar refractivity (Wildman–Crippen MR) is 96.3 cm³/mol. The maximum atomic E-state index is 12.0. The van der Waals surface area contributed by atoms with Crippen LogP contribution in [0.3, 0.4) is 0 Å². The summed E-state index contributed by atoms with van der Waals surface area (Å²) in [5.74, 6) is -0.0397. The second-order valence-electron chi connectivity index (χ2n) is 7.09. The van der Waals surface area contributed by atoms with Gasteiger partial charge in [-0.2, -0.15) is 0 Å². The molecule has 1 aromatic rings. The van der Waals surface area contributed by atoms with Crippen LogP contribution in [0.4, 0.5) is 16.2 Å². The Hall–Kier alpha value is -2.35. The summed E-state index contributed by atoms with van der Waals surface area (Å²) in [6.07, 6.45) is -0.705. The number of carbonyl (C=O) groups excluding carboxylic acids is 1. The molecule has 0 bridgehead atoms. The lowest BCUT2D eigenvalue weighted by Crippen LogP contribution is -2.46. The Balaban J connectivity index is 2.19. The van der Waals surface area contributed by atoms with Crippen LogP contribution in [0.2, 0.25) is 0 Å². The fourth-order valence-corrected chi connectivity index (χ4v) is 2.69. The van der Waals surface area contributed by atoms with Gasteiger partial charge in [-0.1, -0.05) is 6.92 Å². The number of nitro groups is 1. The number of carbonyl (C=O) groups is 1. The van der Waals surface area contributed by atoms with Gasteiger partial charge in [-0.05, 0) is 33.4 Å². The molecule has 0 radical (unpaired) electrons. The maximum absolute atomic E-state index is 12.0. The molecule has 1 amide bonds. The molecule has 0 atom stereocenters. The summed E-state index contributed by atoms with van der Waals surface area (Å²) in [4.78, 5) is 27.2. The van der Waals surface area contributed by atoms with Crippen molar-refractivity contribution in [2.75, 3.05) is 37.6 Å². The van der Waals surface area contributed by atoms with E-state index in [-0.39, 0.29) is 11.4 Å². The number of hydrogen-bond acceptors (Lipinski definition) is 6. The van der Waals surface area contributed by atoms with Crippen molar-refractivity contribution in [3.05, 3.63) is 28.3 Å². The van der Waals surface area contributed by atoms with E-state index in [1.165, 1.54) is 6.07 Å². The van der Waals surface area contributed by atoms with Crippen molar-refractivity contribution in [1.29, 1.82) is 0 Å². The molecule has 0 saturated carbocycles. The van der Waals surface area contributed by atoms with E-state index in [0.717, 1.165) is 38.4 Å². The van der Waals surface area contributed by atoms with Crippen LogP contribution in [0.15, 0.2) is 18.2 Å². The standard InChI is InChI=1S/C17H26N4O4/c1-5-19-8-10-20(11-9-19)13-6-7-14(21(23)24)15(12-13)25-16(22)18-17(2,3)4/h6-7,12H,5,8-11H2,1-4H3,(H,18,22). The minimum absolute atomic E-state index is 0.0397. The molecule has 1 aromatic carbocycles. The first-order valence-electron chi connectivity index (χ1n) is 8.45. The predicted octanol–water partition coefficient (Wildman–Crippen LogP) is 2.62. The second kappa shape index (κ2) is 7.69. The number of piperazine rings is 1. The van der Waals surface area contributed by atoms with Crippen LogP contribution < -0.4 is 15.0 Å². The van der Waals surface area contributed by atoms with Gasteiger partial charge in [0.15, 0.2) is 0 Å². The quantitative estimate of drug-likeness (QED) is 0.663. The van der Waals surface area contributed by atoms with Crippen LogP contribution in [0.1, 0.15) is 27.7 Å². The molecule has 8 nitrogen and oxygen atoms in total. The Morgan fingerprint density at radius 3 is 2.44 bits per heavy atom. The first kappa shape index (κ1) is 19.0. The Morgan fingerprint density at radius 2 is 1.92 bits per heavy atom. The van der Waals surface area contributed by atoms with Crippen molar-refractivity contribution in [1.82, 2.24) is 10.2 Å². The monoisotopic (exact) mass is 350 g/mol. The minimum atomic E-state index is -0.705. The molecule has 1 heterocycles. The van der Waals surface area contributed by atoms with E-state index in [0.29, 0.717) is 0 Å². The van der Waals surface area contributed by atoms with E-state index < -0.39 is 16.6 Å². The Labute approximate surface area is 147 Å². The van der Waals surface area contributed by atoms with Gasteiger partial charge in [-0.25, -0.2) is 4.79 Å². The number of benzene rings is 1. The molecule has 1 saturated heterocycles. The fraction of sp³-hybridized carbons (Fsp3) is 0.588. The number of likely N-dealkylation sites (N-methyl/N-ethyl adjacent to an activating group) is 1. The summed E-state index contributed by atoms with van der Waals surface area (Å²) in [6, 6.07) is 4.66. The van der Waals surface area contributed by atoms with Gasteiger partial charge >= 0.3 is 11.8 Å². The molecular weight excluding hydrogens is 324 g/mol. The van der Waals surface area contributed by atoms with Crippen molar-refractivity contribution in [2.45, 2.75) is 33.2 Å². The molecule has 1 fully saturated rings. The molecule has 1 aliphatic heterocycles. The van der Waals surface area contributed by atoms with Gasteiger partial charge < -0.3 is 19.9 Å². The first-order chi connectivity index (χ1) is 11.7. The maximum Gasteiger partial charge on any atom is 0.413 e. The van der Waals surface area contributed by atoms with Crippen molar-refractivity contribution >= 4 is 17.5 Å². The smallest absolute Gasteiger partial charge is 0.403 e. The number of hydrogen-bond donors (Lipinski definition) is 1. The van der Waals surface area contributed by atoms with Crippen molar-refractivity contribution in [2.24, 2.45) is 0 Å². The first-order valence-corrected chi connectivity index (χ1v) is 8.45. The van der Waals surface area contributed by atoms with Gasteiger partial charge in [0.1, 0.15) is 0 Å². The highest BCUT2D eigenvalue weighted by molar-refractivity contribution is 5.74. The van der Waals surface area contributed by atoms with E-state index in [1.54, 1.807) is 12.1 Å². The highest BCUT2D eigenvalue weighted by atomic mass is 16.6. The molecular formula is C17H26N4O4. The van der Waals surface area contributed by atoms with E-state index in [2.05, 4.69) is 22.0 Å². The van der Waals surface area contributed by atoms with Gasteiger partial charge in [0.25, 0.3) is 0 Å². The van der Waals surface area contributed by atoms with Crippen LogP contribution in [-0.2, 0) is 0 Å². The Morgan fingerprint density at radius 1 is 1.28 bits per heavy atom. The van der Waals surface area contributed by atoms with Gasteiger partial charge in [-0.3, -0.25) is 10.1 Å². The third-order valence-corrected chi connectivity index (χ3v) is 4.00. The van der Waals surface area contributed by atoms with Crippen molar-refractivity contribution < 1.29 is 14.5 Å². The van der Waals surface area contributed by atoms with E-state index >= 15 is 0 Å². The van der Waals surface area contributed by atoms with Crippen LogP contribution in [0.5, 0.6) is 5.75 Å². The summed E-state index contributed by atoms with van der Waals surface area (Å²) in [5.41, 5.74) is 0.111. The zero-order chi connectivity index (χ0) is 18.6. The molecule has 138 valence electrons. The zero-order valence-electron chi connectivity index (χ0n) is 15.2. The Kier molecular flexibility index (Phi) is 5.84. The third kappa shape index (κ3) is 5.32. The molecule has 25 heavy (non-hydrogen) atoms. The summed E-state index contributed by atoms with van der Waals surface area (Å²) >= 11 is 0. The lowest BCUT2D eigenvalue weighted by molar-refractivity contribution is -0.385. The topological polar surface area (TPSA) is 88.0 Å². The van der Waals surface area contributed by atoms with Crippen molar-refractivity contribution in [3.63, 3.8) is 0 Å². The van der Waals surface area contributed by atoms with Gasteiger partial charge in [0.05, 0.1) is 4.92 Å². The average Bonchev–Trinajstić information content (AvgIpc) is 2.52. The largest absolute Gasteiger partial charge is 0.413 e.